The first kappa shape index (κ1) is 16.7. The number of nitrogens with zero attached hydrogens (tertiary/aromatic N) is 3. The quantitative estimate of drug-likeness (QED) is 0.440. The van der Waals surface area contributed by atoms with Crippen molar-refractivity contribution in [3.05, 3.63) is 79.6 Å². The molecule has 0 unspecified atom stereocenters. The van der Waals surface area contributed by atoms with Gasteiger partial charge < -0.3 is 4.57 Å². The first-order chi connectivity index (χ1) is 12.0. The van der Waals surface area contributed by atoms with Gasteiger partial charge >= 0.3 is 0 Å². The number of anilines is 1. The minimum atomic E-state index is -0.554. The molecule has 0 bridgehead atoms. The van der Waals surface area contributed by atoms with Gasteiger partial charge in [0.05, 0.1) is 22.3 Å². The fourth-order valence-electron chi connectivity index (χ4n) is 2.43. The van der Waals surface area contributed by atoms with Crippen molar-refractivity contribution in [2.24, 2.45) is 12.1 Å². The van der Waals surface area contributed by atoms with Gasteiger partial charge in [-0.15, -0.1) is 0 Å². The third kappa shape index (κ3) is 3.36. The van der Waals surface area contributed by atoms with Gasteiger partial charge in [-0.1, -0.05) is 35.9 Å². The predicted molar refractivity (Wildman–Crippen MR) is 98.5 cm³/mol. The average molecular weight is 357 g/mol. The molecule has 0 fully saturated rings. The Morgan fingerprint density at radius 2 is 2.00 bits per heavy atom. The van der Waals surface area contributed by atoms with Gasteiger partial charge in [0.25, 0.3) is 11.2 Å². The zero-order chi connectivity index (χ0) is 18.0. The number of aromatic nitrogens is 1. The number of halogens is 1. The van der Waals surface area contributed by atoms with Gasteiger partial charge in [-0.3, -0.25) is 20.3 Å². The fourth-order valence-corrected chi connectivity index (χ4v) is 2.62. The monoisotopic (exact) mass is 356 g/mol. The molecule has 8 heteroatoms. The predicted octanol–water partition coefficient (Wildman–Crippen LogP) is 3.55. The molecule has 0 aliphatic rings. The molecular weight excluding hydrogens is 344 g/mol. The molecular formula is C17H13ClN4O3. The zero-order valence-corrected chi connectivity index (χ0v) is 13.9. The van der Waals surface area contributed by atoms with Crippen molar-refractivity contribution in [2.45, 2.75) is 0 Å². The third-order valence-corrected chi connectivity index (χ3v) is 4.04. The summed E-state index contributed by atoms with van der Waals surface area (Å²) in [5.41, 5.74) is 4.30. The Kier molecular flexibility index (Phi) is 4.49. The molecule has 3 aromatic rings. The summed E-state index contributed by atoms with van der Waals surface area (Å²) in [5.74, 6) is 0. The lowest BCUT2D eigenvalue weighted by Gasteiger charge is -2.09. The second-order valence-electron chi connectivity index (χ2n) is 5.31. The number of pyridine rings is 1. The smallest absolute Gasteiger partial charge is 0.288 e. The minimum absolute atomic E-state index is 0.0626. The molecule has 2 aromatic carbocycles. The van der Waals surface area contributed by atoms with Crippen LogP contribution in [0, 0.1) is 10.1 Å². The average Bonchev–Trinajstić information content (AvgIpc) is 2.60. The van der Waals surface area contributed by atoms with Crippen molar-refractivity contribution < 1.29 is 4.92 Å². The lowest BCUT2D eigenvalue weighted by atomic mass is 10.2. The number of nitro benzene ring substituents is 1. The fraction of sp³-hybridized carbons (Fsp3) is 0.0588. The van der Waals surface area contributed by atoms with Crippen LogP contribution in [-0.2, 0) is 7.05 Å². The minimum Gasteiger partial charge on any atom is -0.311 e. The lowest BCUT2D eigenvalue weighted by Crippen LogP contribution is -2.16. The Labute approximate surface area is 147 Å². The van der Waals surface area contributed by atoms with Crippen LogP contribution in [0.15, 0.2) is 58.4 Å². The third-order valence-electron chi connectivity index (χ3n) is 3.72. The SMILES string of the molecule is Cn1c(=O)cc(NN=Cc2ccc(Cl)c([N+](=O)[O-])c2)c2ccccc21. The van der Waals surface area contributed by atoms with Crippen molar-refractivity contribution in [2.75, 3.05) is 5.43 Å². The molecule has 1 aromatic heterocycles. The van der Waals surface area contributed by atoms with E-state index in [9.17, 15) is 14.9 Å². The van der Waals surface area contributed by atoms with Crippen LogP contribution in [0.1, 0.15) is 5.56 Å². The van der Waals surface area contributed by atoms with E-state index in [1.165, 1.54) is 24.4 Å². The van der Waals surface area contributed by atoms with E-state index < -0.39 is 4.92 Å². The highest BCUT2D eigenvalue weighted by Gasteiger charge is 2.12. The number of hydrogen-bond acceptors (Lipinski definition) is 5. The van der Waals surface area contributed by atoms with Crippen LogP contribution in [0.5, 0.6) is 0 Å². The number of fused-ring (bicyclic) bond motifs is 1. The van der Waals surface area contributed by atoms with E-state index in [-0.39, 0.29) is 16.3 Å². The number of benzene rings is 2. The molecule has 0 atom stereocenters. The van der Waals surface area contributed by atoms with Crippen LogP contribution in [-0.4, -0.2) is 15.7 Å². The highest BCUT2D eigenvalue weighted by molar-refractivity contribution is 6.32. The Balaban J connectivity index is 1.92. The molecule has 1 N–H and O–H groups in total. The van der Waals surface area contributed by atoms with Crippen LogP contribution < -0.4 is 11.0 Å². The maximum atomic E-state index is 12.0. The highest BCUT2D eigenvalue weighted by atomic mass is 35.5. The number of nitrogens with one attached hydrogen (secondary N) is 1. The molecule has 7 nitrogen and oxygen atoms in total. The number of nitro groups is 1. The molecule has 0 saturated heterocycles. The van der Waals surface area contributed by atoms with E-state index in [0.29, 0.717) is 11.3 Å². The van der Waals surface area contributed by atoms with Crippen molar-refractivity contribution >= 4 is 40.1 Å². The van der Waals surface area contributed by atoms with E-state index >= 15 is 0 Å². The Hall–Kier alpha value is -3.19. The van der Waals surface area contributed by atoms with Gasteiger partial charge in [0.15, 0.2) is 0 Å². The molecule has 1 heterocycles. The van der Waals surface area contributed by atoms with Gasteiger partial charge in [0, 0.05) is 30.1 Å². The second kappa shape index (κ2) is 6.74. The van der Waals surface area contributed by atoms with Crippen LogP contribution in [0.3, 0.4) is 0 Å². The van der Waals surface area contributed by atoms with Crippen molar-refractivity contribution in [1.29, 1.82) is 0 Å². The van der Waals surface area contributed by atoms with Gasteiger partial charge in [-0.2, -0.15) is 5.10 Å². The van der Waals surface area contributed by atoms with E-state index in [1.807, 2.05) is 24.3 Å². The van der Waals surface area contributed by atoms with Gasteiger partial charge in [-0.05, 0) is 12.1 Å². The Bertz CT molecular complexity index is 1060. The summed E-state index contributed by atoms with van der Waals surface area (Å²) in [7, 11) is 1.70. The second-order valence-corrected chi connectivity index (χ2v) is 5.72. The van der Waals surface area contributed by atoms with E-state index in [2.05, 4.69) is 10.5 Å². The highest BCUT2D eigenvalue weighted by Crippen LogP contribution is 2.24. The van der Waals surface area contributed by atoms with Crippen molar-refractivity contribution in [1.82, 2.24) is 4.57 Å². The first-order valence-corrected chi connectivity index (χ1v) is 7.67. The van der Waals surface area contributed by atoms with E-state index in [4.69, 9.17) is 11.6 Å². The summed E-state index contributed by atoms with van der Waals surface area (Å²) in [6.45, 7) is 0. The molecule has 0 radical (unpaired) electrons. The molecule has 0 spiro atoms. The summed E-state index contributed by atoms with van der Waals surface area (Å²) >= 11 is 5.78. The summed E-state index contributed by atoms with van der Waals surface area (Å²) in [4.78, 5) is 22.4. The van der Waals surface area contributed by atoms with Crippen LogP contribution in [0.25, 0.3) is 10.9 Å². The number of para-hydroxylation sites is 1. The van der Waals surface area contributed by atoms with Crippen molar-refractivity contribution in [3.8, 4) is 0 Å². The molecule has 3 rings (SSSR count). The summed E-state index contributed by atoms with van der Waals surface area (Å²) < 4.78 is 1.55. The lowest BCUT2D eigenvalue weighted by molar-refractivity contribution is -0.384. The molecule has 25 heavy (non-hydrogen) atoms. The topological polar surface area (TPSA) is 89.5 Å². The normalized spacial score (nSPS) is 11.1. The number of aryl methyl sites for hydroxylation is 1. The number of rotatable bonds is 4. The molecule has 0 amide bonds. The number of hydrogen-bond donors (Lipinski definition) is 1. The molecule has 0 aliphatic carbocycles. The van der Waals surface area contributed by atoms with Crippen LogP contribution in [0.2, 0.25) is 5.02 Å². The van der Waals surface area contributed by atoms with Gasteiger partial charge in [0.2, 0.25) is 0 Å². The molecule has 0 saturated carbocycles. The summed E-state index contributed by atoms with van der Waals surface area (Å²) in [6.07, 6.45) is 1.43. The summed E-state index contributed by atoms with van der Waals surface area (Å²) in [5, 5.41) is 15.9. The number of hydrazone groups is 1. The van der Waals surface area contributed by atoms with Crippen LogP contribution >= 0.6 is 11.6 Å². The van der Waals surface area contributed by atoms with E-state index in [0.717, 1.165) is 10.9 Å². The van der Waals surface area contributed by atoms with Gasteiger partial charge in [0.1, 0.15) is 5.02 Å². The standard InChI is InChI=1S/C17H13ClN4O3/c1-21-15-5-3-2-4-12(15)14(9-17(21)23)20-19-10-11-6-7-13(18)16(8-11)22(24)25/h2-10,20H,1H3. The Morgan fingerprint density at radius 1 is 1.24 bits per heavy atom. The molecule has 0 aliphatic heterocycles. The van der Waals surface area contributed by atoms with Crippen LogP contribution in [0.4, 0.5) is 11.4 Å². The Morgan fingerprint density at radius 3 is 2.76 bits per heavy atom. The summed E-state index contributed by atoms with van der Waals surface area (Å²) in [6, 6.07) is 13.3. The van der Waals surface area contributed by atoms with Crippen molar-refractivity contribution in [3.63, 3.8) is 0 Å². The first-order valence-electron chi connectivity index (χ1n) is 7.29. The largest absolute Gasteiger partial charge is 0.311 e. The maximum absolute atomic E-state index is 12.0. The maximum Gasteiger partial charge on any atom is 0.288 e. The molecule has 126 valence electrons. The van der Waals surface area contributed by atoms with E-state index in [1.54, 1.807) is 17.7 Å². The zero-order valence-electron chi connectivity index (χ0n) is 13.1. The van der Waals surface area contributed by atoms with Gasteiger partial charge in [-0.25, -0.2) is 0 Å².